The van der Waals surface area contributed by atoms with Crippen LogP contribution >= 0.6 is 51.6 Å². The summed E-state index contributed by atoms with van der Waals surface area (Å²) in [6, 6.07) is 9.37. The number of hydrogen-bond acceptors (Lipinski definition) is 8. The highest BCUT2D eigenvalue weighted by atomic mass is 127. The van der Waals surface area contributed by atoms with E-state index in [4.69, 9.17) is 38.1 Å². The van der Waals surface area contributed by atoms with E-state index in [-0.39, 0.29) is 12.7 Å². The average Bonchev–Trinajstić information content (AvgIpc) is 2.92. The molecule has 13 heteroatoms. The van der Waals surface area contributed by atoms with Crippen LogP contribution in [0.4, 0.5) is 16.3 Å². The average molecular weight is 715 g/mol. The van der Waals surface area contributed by atoms with E-state index in [0.29, 0.717) is 70.7 Å². The number of nitrogens with zero attached hydrogens (tertiary/aromatic N) is 4. The lowest BCUT2D eigenvalue weighted by atomic mass is 10.0. The number of anilines is 2. The minimum Gasteiger partial charge on any atom is -0.489 e. The zero-order valence-corrected chi connectivity index (χ0v) is 27.0. The van der Waals surface area contributed by atoms with Gasteiger partial charge in [0.15, 0.2) is 0 Å². The van der Waals surface area contributed by atoms with E-state index in [1.807, 2.05) is 51.1 Å². The second-order valence-electron chi connectivity index (χ2n) is 10.0. The Bertz CT molecular complexity index is 1350. The predicted molar refractivity (Wildman–Crippen MR) is 171 cm³/mol. The molecule has 0 radical (unpaired) electrons. The normalized spacial score (nSPS) is 13.9. The van der Waals surface area contributed by atoms with Gasteiger partial charge in [0.1, 0.15) is 23.8 Å². The first-order chi connectivity index (χ1) is 19.1. The van der Waals surface area contributed by atoms with Crippen molar-refractivity contribution in [2.45, 2.75) is 33.0 Å². The molecule has 3 aromatic rings. The minimum absolute atomic E-state index is 0.172. The molecule has 0 aliphatic carbocycles. The molecule has 4 rings (SSSR count). The van der Waals surface area contributed by atoms with Gasteiger partial charge < -0.3 is 24.4 Å². The number of aromatic nitrogens is 2. The Morgan fingerprint density at radius 1 is 1.10 bits per heavy atom. The predicted octanol–water partition coefficient (Wildman–Crippen LogP) is 7.19. The third-order valence-electron chi connectivity index (χ3n) is 6.07. The van der Waals surface area contributed by atoms with Gasteiger partial charge in [-0.05, 0) is 73.1 Å². The molecule has 1 aromatic carbocycles. The van der Waals surface area contributed by atoms with Crippen molar-refractivity contribution >= 4 is 74.9 Å². The van der Waals surface area contributed by atoms with Gasteiger partial charge in [0, 0.05) is 73.5 Å². The maximum absolute atomic E-state index is 12.4. The lowest BCUT2D eigenvalue weighted by Crippen LogP contribution is -2.50. The molecule has 0 saturated carbocycles. The number of nitrogens with one attached hydrogen (secondary N) is 2. The molecule has 1 atom stereocenters. The Morgan fingerprint density at radius 3 is 2.40 bits per heavy atom. The number of pyridine rings is 2. The fourth-order valence-electron chi connectivity index (χ4n) is 4.03. The molecule has 1 aliphatic rings. The molecular weight excluding hydrogens is 685 g/mol. The van der Waals surface area contributed by atoms with E-state index in [1.54, 1.807) is 11.1 Å². The number of piperazine rings is 1. The van der Waals surface area contributed by atoms with Crippen LogP contribution in [0.1, 0.15) is 37.5 Å². The van der Waals surface area contributed by atoms with Crippen LogP contribution in [0.15, 0.2) is 48.9 Å². The topological polar surface area (TPSA) is 104 Å². The summed E-state index contributed by atoms with van der Waals surface area (Å²) in [6.07, 6.45) is 4.90. The highest BCUT2D eigenvalue weighted by Crippen LogP contribution is 2.32. The zero-order valence-electron chi connectivity index (χ0n) is 22.3. The van der Waals surface area contributed by atoms with Crippen molar-refractivity contribution in [2.24, 2.45) is 0 Å². The summed E-state index contributed by atoms with van der Waals surface area (Å²) < 4.78 is 11.5. The first kappa shape index (κ1) is 30.6. The summed E-state index contributed by atoms with van der Waals surface area (Å²) in [7, 11) is 0. The van der Waals surface area contributed by atoms with Crippen molar-refractivity contribution < 1.29 is 14.3 Å². The van der Waals surface area contributed by atoms with Gasteiger partial charge in [-0.15, -0.1) is 0 Å². The largest absolute Gasteiger partial charge is 0.489 e. The molecule has 1 aliphatic heterocycles. The summed E-state index contributed by atoms with van der Waals surface area (Å²) in [5.74, 6) is 1.38. The molecule has 3 heterocycles. The number of benzene rings is 1. The Morgan fingerprint density at radius 2 is 1.80 bits per heavy atom. The zero-order chi connectivity index (χ0) is 28.9. The fourth-order valence-corrected chi connectivity index (χ4v) is 5.70. The van der Waals surface area contributed by atoms with Gasteiger partial charge in [-0.2, -0.15) is 0 Å². The number of ether oxygens (including phenoxy) is 2. The molecule has 212 valence electrons. The number of carbonyl (C=O) groups is 1. The van der Waals surface area contributed by atoms with Gasteiger partial charge >= 0.3 is 6.09 Å². The van der Waals surface area contributed by atoms with Gasteiger partial charge in [0.05, 0.1) is 15.8 Å². The van der Waals surface area contributed by atoms with Gasteiger partial charge in [0.25, 0.3) is 0 Å². The smallest absolute Gasteiger partial charge is 0.410 e. The van der Waals surface area contributed by atoms with Crippen LogP contribution in [0, 0.1) is 5.41 Å². The summed E-state index contributed by atoms with van der Waals surface area (Å²) in [5.41, 5.74) is 2.64. The molecular formula is C27H30Cl2IN6O3P. The van der Waals surface area contributed by atoms with E-state index < -0.39 is 5.60 Å². The van der Waals surface area contributed by atoms with Gasteiger partial charge in [-0.1, -0.05) is 23.2 Å². The van der Waals surface area contributed by atoms with Gasteiger partial charge in [-0.25, -0.2) is 9.78 Å². The van der Waals surface area contributed by atoms with Crippen molar-refractivity contribution in [3.63, 3.8) is 0 Å². The van der Waals surface area contributed by atoms with Gasteiger partial charge in [0.2, 0.25) is 0 Å². The SMILES string of the molecule is CC(C)(C)OC(=O)N1CCN(c2ccc(C(=N)c3cc(OCc4c(Cl)cncc4Cl)ccc3NPI)cn2)CC1. The number of carbonyl (C=O) groups excluding carboxylic acids is 1. The van der Waals surface area contributed by atoms with E-state index in [9.17, 15) is 4.79 Å². The van der Waals surface area contributed by atoms with E-state index >= 15 is 0 Å². The molecule has 1 unspecified atom stereocenters. The Balaban J connectivity index is 1.44. The van der Waals surface area contributed by atoms with Crippen LogP contribution in [-0.4, -0.2) is 58.5 Å². The fraction of sp³-hybridized carbons (Fsp3) is 0.333. The summed E-state index contributed by atoms with van der Waals surface area (Å²) in [5, 5.41) is 13.2. The summed E-state index contributed by atoms with van der Waals surface area (Å²) in [6.45, 7) is 8.19. The molecule has 9 nitrogen and oxygen atoms in total. The van der Waals surface area contributed by atoms with Crippen molar-refractivity contribution in [1.82, 2.24) is 14.9 Å². The van der Waals surface area contributed by atoms with Gasteiger partial charge in [-0.3, -0.25) is 10.4 Å². The number of halogens is 3. The van der Waals surface area contributed by atoms with Crippen molar-refractivity contribution in [3.05, 3.63) is 75.7 Å². The van der Waals surface area contributed by atoms with Crippen LogP contribution < -0.4 is 14.7 Å². The molecule has 40 heavy (non-hydrogen) atoms. The standard InChI is InChI=1S/C27H30Cl2IN6O3P/c1-27(2,3)39-26(37)36-10-8-35(9-11-36)24-7-4-17(13-33-24)25(31)19-12-18(5-6-23(19)34-40-30)38-16-20-21(28)14-32-15-22(20)29/h4-7,12-15,31,34,40H,8-11,16H2,1-3H3. The molecule has 2 N–H and O–H groups in total. The maximum atomic E-state index is 12.4. The number of rotatable bonds is 8. The van der Waals surface area contributed by atoms with E-state index in [2.05, 4.69) is 42.0 Å². The molecule has 2 aromatic heterocycles. The lowest BCUT2D eigenvalue weighted by molar-refractivity contribution is 0.0240. The quantitative estimate of drug-likeness (QED) is 0.145. The highest BCUT2D eigenvalue weighted by molar-refractivity contribution is 14.2. The van der Waals surface area contributed by atoms with Crippen LogP contribution in [0.25, 0.3) is 0 Å². The van der Waals surface area contributed by atoms with Crippen LogP contribution in [0.5, 0.6) is 5.75 Å². The van der Waals surface area contributed by atoms with Crippen LogP contribution in [-0.2, 0) is 11.3 Å². The monoisotopic (exact) mass is 714 g/mol. The maximum Gasteiger partial charge on any atom is 0.410 e. The molecule has 1 saturated heterocycles. The summed E-state index contributed by atoms with van der Waals surface area (Å²) >= 11 is 14.7. The van der Waals surface area contributed by atoms with Crippen molar-refractivity contribution in [2.75, 3.05) is 36.2 Å². The number of hydrogen-bond donors (Lipinski definition) is 2. The first-order valence-corrected chi connectivity index (χ1v) is 17.4. The third kappa shape index (κ3) is 7.87. The lowest BCUT2D eigenvalue weighted by Gasteiger charge is -2.36. The highest BCUT2D eigenvalue weighted by Gasteiger charge is 2.26. The second kappa shape index (κ2) is 13.5. The molecule has 0 spiro atoms. The second-order valence-corrected chi connectivity index (χ2v) is 12.9. The molecule has 1 amide bonds. The van der Waals surface area contributed by atoms with E-state index in [0.717, 1.165) is 11.5 Å². The number of amides is 1. The summed E-state index contributed by atoms with van der Waals surface area (Å²) in [4.78, 5) is 24.8. The Hall–Kier alpha value is -2.40. The Kier molecular flexibility index (Phi) is 10.3. The van der Waals surface area contributed by atoms with Crippen LogP contribution in [0.3, 0.4) is 0 Å². The van der Waals surface area contributed by atoms with E-state index in [1.165, 1.54) is 12.4 Å². The van der Waals surface area contributed by atoms with Crippen molar-refractivity contribution in [1.29, 1.82) is 5.41 Å². The third-order valence-corrected chi connectivity index (χ3v) is 7.89. The molecule has 0 bridgehead atoms. The Labute approximate surface area is 258 Å². The molecule has 1 fully saturated rings. The van der Waals surface area contributed by atoms with Crippen LogP contribution in [0.2, 0.25) is 10.0 Å². The minimum atomic E-state index is -0.519. The first-order valence-electron chi connectivity index (χ1n) is 12.5. The van der Waals surface area contributed by atoms with Crippen molar-refractivity contribution in [3.8, 4) is 5.75 Å².